The molecule has 0 unspecified atom stereocenters. The summed E-state index contributed by atoms with van der Waals surface area (Å²) in [4.78, 5) is 38.1. The van der Waals surface area contributed by atoms with Gasteiger partial charge in [-0.25, -0.2) is 18.0 Å². The smallest absolute Gasteiger partial charge is 0.411 e. The number of likely N-dealkylation sites (tertiary alicyclic amines) is 1. The van der Waals surface area contributed by atoms with Gasteiger partial charge in [-0.3, -0.25) is 9.69 Å². The van der Waals surface area contributed by atoms with Crippen LogP contribution in [0.25, 0.3) is 0 Å². The molecular formula is C19H25ClN2O7S. The highest BCUT2D eigenvalue weighted by molar-refractivity contribution is 7.90. The van der Waals surface area contributed by atoms with Crippen molar-refractivity contribution in [2.45, 2.75) is 50.2 Å². The van der Waals surface area contributed by atoms with Crippen LogP contribution in [-0.4, -0.2) is 62.3 Å². The van der Waals surface area contributed by atoms with Crippen molar-refractivity contribution >= 4 is 45.1 Å². The van der Waals surface area contributed by atoms with Crippen molar-refractivity contribution in [2.24, 2.45) is 0 Å². The standard InChI is InChI=1S/C19H25ClN2O7S/c1-19(2,3)29-18(25)22-9-5-6-15(22)17(24)28-11-16(23)21-14-10-12(30(4,26)27)7-8-13(14)20/h7-8,10,15H,5-6,9,11H2,1-4H3,(H,21,23)/t15-/m1/s1. The third kappa shape index (κ3) is 6.60. The molecule has 1 heterocycles. The highest BCUT2D eigenvalue weighted by atomic mass is 35.5. The lowest BCUT2D eigenvalue weighted by Gasteiger charge is -2.27. The summed E-state index contributed by atoms with van der Waals surface area (Å²) in [6.45, 7) is 4.92. The van der Waals surface area contributed by atoms with Crippen LogP contribution in [-0.2, 0) is 28.9 Å². The van der Waals surface area contributed by atoms with Gasteiger partial charge in [0.2, 0.25) is 0 Å². The Morgan fingerprint density at radius 3 is 2.53 bits per heavy atom. The molecule has 0 radical (unpaired) electrons. The Labute approximate surface area is 180 Å². The van der Waals surface area contributed by atoms with Crippen molar-refractivity contribution in [3.8, 4) is 0 Å². The number of sulfone groups is 1. The summed E-state index contributed by atoms with van der Waals surface area (Å²) in [7, 11) is -3.49. The van der Waals surface area contributed by atoms with E-state index in [4.69, 9.17) is 21.1 Å². The highest BCUT2D eigenvalue weighted by Crippen LogP contribution is 2.25. The van der Waals surface area contributed by atoms with E-state index in [9.17, 15) is 22.8 Å². The molecule has 2 rings (SSSR count). The first-order chi connectivity index (χ1) is 13.8. The maximum absolute atomic E-state index is 12.4. The lowest BCUT2D eigenvalue weighted by molar-refractivity contribution is -0.151. The summed E-state index contributed by atoms with van der Waals surface area (Å²) < 4.78 is 33.6. The summed E-state index contributed by atoms with van der Waals surface area (Å²) >= 11 is 5.99. The molecule has 1 fully saturated rings. The van der Waals surface area contributed by atoms with Crippen molar-refractivity contribution in [2.75, 3.05) is 24.7 Å². The molecule has 11 heteroatoms. The molecule has 1 saturated heterocycles. The van der Waals surface area contributed by atoms with E-state index in [1.165, 1.54) is 23.1 Å². The van der Waals surface area contributed by atoms with Crippen LogP contribution < -0.4 is 5.32 Å². The number of rotatable bonds is 5. The summed E-state index contributed by atoms with van der Waals surface area (Å²) in [6.07, 6.45) is 1.43. The van der Waals surface area contributed by atoms with Crippen LogP contribution in [0.4, 0.5) is 10.5 Å². The molecule has 0 bridgehead atoms. The van der Waals surface area contributed by atoms with Gasteiger partial charge in [-0.05, 0) is 51.8 Å². The number of nitrogens with zero attached hydrogens (tertiary/aromatic N) is 1. The maximum Gasteiger partial charge on any atom is 0.411 e. The quantitative estimate of drug-likeness (QED) is 0.670. The number of hydrogen-bond acceptors (Lipinski definition) is 7. The van der Waals surface area contributed by atoms with Crippen LogP contribution in [0.2, 0.25) is 5.02 Å². The molecule has 0 spiro atoms. The zero-order valence-electron chi connectivity index (χ0n) is 17.2. The fourth-order valence-electron chi connectivity index (χ4n) is 2.80. The first-order valence-electron chi connectivity index (χ1n) is 9.23. The Morgan fingerprint density at radius 1 is 1.27 bits per heavy atom. The van der Waals surface area contributed by atoms with Crippen LogP contribution in [0.3, 0.4) is 0 Å². The molecule has 1 aliphatic rings. The zero-order valence-corrected chi connectivity index (χ0v) is 18.8. The van der Waals surface area contributed by atoms with E-state index in [1.807, 2.05) is 0 Å². The first kappa shape index (κ1) is 23.9. The minimum Gasteiger partial charge on any atom is -0.454 e. The molecule has 0 aliphatic carbocycles. The Morgan fingerprint density at radius 2 is 1.93 bits per heavy atom. The predicted molar refractivity (Wildman–Crippen MR) is 110 cm³/mol. The van der Waals surface area contributed by atoms with Gasteiger partial charge >= 0.3 is 12.1 Å². The van der Waals surface area contributed by atoms with Crippen molar-refractivity contribution in [3.05, 3.63) is 23.2 Å². The number of nitrogens with one attached hydrogen (secondary N) is 1. The van der Waals surface area contributed by atoms with Crippen LogP contribution in [0.15, 0.2) is 23.1 Å². The molecule has 1 aliphatic heterocycles. The second kappa shape index (κ2) is 9.22. The van der Waals surface area contributed by atoms with Crippen LogP contribution in [0.1, 0.15) is 33.6 Å². The SMILES string of the molecule is CC(C)(C)OC(=O)N1CCC[C@@H]1C(=O)OCC(=O)Nc1cc(S(C)(=O)=O)ccc1Cl. The number of hydrogen-bond donors (Lipinski definition) is 1. The molecule has 30 heavy (non-hydrogen) atoms. The monoisotopic (exact) mass is 460 g/mol. The Kier molecular flexibility index (Phi) is 7.36. The average Bonchev–Trinajstić information content (AvgIpc) is 3.09. The van der Waals surface area contributed by atoms with E-state index in [1.54, 1.807) is 20.8 Å². The lowest BCUT2D eigenvalue weighted by Crippen LogP contribution is -2.44. The van der Waals surface area contributed by atoms with Crippen molar-refractivity contribution < 1.29 is 32.3 Å². The molecule has 1 N–H and O–H groups in total. The van der Waals surface area contributed by atoms with E-state index in [2.05, 4.69) is 5.32 Å². The third-order valence-corrected chi connectivity index (χ3v) is 5.58. The van der Waals surface area contributed by atoms with Gasteiger partial charge in [0.1, 0.15) is 11.6 Å². The largest absolute Gasteiger partial charge is 0.454 e. The van der Waals surface area contributed by atoms with E-state index in [-0.39, 0.29) is 15.6 Å². The van der Waals surface area contributed by atoms with Gasteiger partial charge in [-0.1, -0.05) is 11.6 Å². The summed E-state index contributed by atoms with van der Waals surface area (Å²) in [5.74, 6) is -1.41. The van der Waals surface area contributed by atoms with E-state index in [0.717, 1.165) is 6.26 Å². The molecule has 1 aromatic carbocycles. The van der Waals surface area contributed by atoms with E-state index < -0.39 is 46.1 Å². The molecule has 2 amide bonds. The van der Waals surface area contributed by atoms with Gasteiger partial charge in [0.15, 0.2) is 16.4 Å². The molecule has 1 atom stereocenters. The number of amides is 2. The molecule has 9 nitrogen and oxygen atoms in total. The average molecular weight is 461 g/mol. The minimum absolute atomic E-state index is 0.0156. The topological polar surface area (TPSA) is 119 Å². The number of benzene rings is 1. The lowest BCUT2D eigenvalue weighted by atomic mass is 10.2. The summed E-state index contributed by atoms with van der Waals surface area (Å²) in [6, 6.07) is 3.05. The molecule has 0 saturated carbocycles. The molecule has 166 valence electrons. The zero-order chi connectivity index (χ0) is 22.7. The number of anilines is 1. The normalized spacial score (nSPS) is 16.8. The molecular weight excluding hydrogens is 436 g/mol. The van der Waals surface area contributed by atoms with Crippen molar-refractivity contribution in [1.82, 2.24) is 4.90 Å². The second-order valence-corrected chi connectivity index (χ2v) is 10.3. The number of esters is 1. The van der Waals surface area contributed by atoms with Crippen molar-refractivity contribution in [1.29, 1.82) is 0 Å². The number of halogens is 1. The van der Waals surface area contributed by atoms with Gasteiger partial charge in [0.25, 0.3) is 5.91 Å². The Balaban J connectivity index is 1.96. The first-order valence-corrected chi connectivity index (χ1v) is 11.5. The van der Waals surface area contributed by atoms with E-state index in [0.29, 0.717) is 19.4 Å². The van der Waals surface area contributed by atoms with Gasteiger partial charge in [-0.15, -0.1) is 0 Å². The minimum atomic E-state index is -3.49. The molecule has 1 aromatic rings. The molecule has 0 aromatic heterocycles. The fraction of sp³-hybridized carbons (Fsp3) is 0.526. The number of carbonyl (C=O) groups excluding carboxylic acids is 3. The highest BCUT2D eigenvalue weighted by Gasteiger charge is 2.37. The van der Waals surface area contributed by atoms with E-state index >= 15 is 0 Å². The Hall–Kier alpha value is -2.33. The fourth-order valence-corrected chi connectivity index (χ4v) is 3.61. The van der Waals surface area contributed by atoms with Gasteiger partial charge in [-0.2, -0.15) is 0 Å². The third-order valence-electron chi connectivity index (χ3n) is 4.14. The number of carbonyl (C=O) groups is 3. The van der Waals surface area contributed by atoms with Crippen molar-refractivity contribution in [3.63, 3.8) is 0 Å². The maximum atomic E-state index is 12.4. The predicted octanol–water partition coefficient (Wildman–Crippen LogP) is 2.62. The Bertz CT molecular complexity index is 941. The van der Waals surface area contributed by atoms with Crippen LogP contribution in [0.5, 0.6) is 0 Å². The van der Waals surface area contributed by atoms with Crippen LogP contribution in [0, 0.1) is 0 Å². The summed E-state index contributed by atoms with van der Waals surface area (Å²) in [5, 5.41) is 2.55. The van der Waals surface area contributed by atoms with Gasteiger partial charge in [0.05, 0.1) is 15.6 Å². The van der Waals surface area contributed by atoms with Gasteiger partial charge < -0.3 is 14.8 Å². The summed E-state index contributed by atoms with van der Waals surface area (Å²) in [5.41, 5.74) is -0.620. The second-order valence-electron chi connectivity index (χ2n) is 7.90. The van der Waals surface area contributed by atoms with Crippen LogP contribution >= 0.6 is 11.6 Å². The number of ether oxygens (including phenoxy) is 2. The van der Waals surface area contributed by atoms with Gasteiger partial charge in [0, 0.05) is 12.8 Å².